The van der Waals surface area contributed by atoms with Crippen LogP contribution in [0.5, 0.6) is 17.2 Å². The largest absolute Gasteiger partial charge is 0.497 e. The van der Waals surface area contributed by atoms with E-state index in [-0.39, 0.29) is 0 Å². The van der Waals surface area contributed by atoms with Gasteiger partial charge in [0.1, 0.15) is 17.2 Å². The molecule has 21 heavy (non-hydrogen) atoms. The van der Waals surface area contributed by atoms with Gasteiger partial charge in [-0.25, -0.2) is 4.79 Å². The summed E-state index contributed by atoms with van der Waals surface area (Å²) in [7, 11) is 1.59. The predicted octanol–water partition coefficient (Wildman–Crippen LogP) is 3.70. The summed E-state index contributed by atoms with van der Waals surface area (Å²) in [4.78, 5) is 12.0. The quantitative estimate of drug-likeness (QED) is 0.600. The van der Waals surface area contributed by atoms with Crippen LogP contribution in [0.1, 0.15) is 23.7 Å². The number of carbonyl (C=O) groups is 1. The van der Waals surface area contributed by atoms with E-state index in [4.69, 9.17) is 14.2 Å². The first-order valence-electron chi connectivity index (χ1n) is 6.82. The van der Waals surface area contributed by atoms with Crippen molar-refractivity contribution in [2.75, 3.05) is 13.7 Å². The van der Waals surface area contributed by atoms with Crippen molar-refractivity contribution < 1.29 is 19.0 Å². The molecule has 2 rings (SSSR count). The summed E-state index contributed by atoms with van der Waals surface area (Å²) in [5.74, 6) is 1.54. The smallest absolute Gasteiger partial charge is 0.343 e. The molecule has 0 aliphatic heterocycles. The fraction of sp³-hybridized carbons (Fsp3) is 0.235. The zero-order valence-corrected chi connectivity index (χ0v) is 12.2. The van der Waals surface area contributed by atoms with Gasteiger partial charge in [0.2, 0.25) is 0 Å². The molecule has 0 spiro atoms. The summed E-state index contributed by atoms with van der Waals surface area (Å²) in [6, 6.07) is 13.8. The Morgan fingerprint density at radius 2 is 1.48 bits per heavy atom. The Labute approximate surface area is 124 Å². The predicted molar refractivity (Wildman–Crippen MR) is 80.2 cm³/mol. The first-order chi connectivity index (χ1) is 10.2. The first-order valence-corrected chi connectivity index (χ1v) is 6.82. The molecule has 4 nitrogen and oxygen atoms in total. The van der Waals surface area contributed by atoms with Gasteiger partial charge in [0.05, 0.1) is 19.3 Å². The highest BCUT2D eigenvalue weighted by Gasteiger charge is 2.08. The van der Waals surface area contributed by atoms with Gasteiger partial charge in [0.15, 0.2) is 0 Å². The molecule has 0 aliphatic carbocycles. The van der Waals surface area contributed by atoms with Crippen LogP contribution in [0.25, 0.3) is 0 Å². The topological polar surface area (TPSA) is 44.8 Å². The van der Waals surface area contributed by atoms with Crippen LogP contribution in [0.15, 0.2) is 48.5 Å². The van der Waals surface area contributed by atoms with Crippen molar-refractivity contribution in [1.82, 2.24) is 0 Å². The number of methoxy groups -OCH3 is 1. The van der Waals surface area contributed by atoms with Crippen molar-refractivity contribution in [2.45, 2.75) is 13.3 Å². The number of rotatable bonds is 6. The Morgan fingerprint density at radius 3 is 2.05 bits per heavy atom. The molecule has 0 aromatic heterocycles. The zero-order valence-electron chi connectivity index (χ0n) is 12.2. The minimum Gasteiger partial charge on any atom is -0.497 e. The second kappa shape index (κ2) is 7.33. The molecule has 0 aliphatic rings. The fourth-order valence-electron chi connectivity index (χ4n) is 1.72. The molecule has 4 heteroatoms. The van der Waals surface area contributed by atoms with E-state index in [9.17, 15) is 4.79 Å². The standard InChI is InChI=1S/C17H18O4/c1-3-12-20-15-6-4-13(5-7-15)17(18)21-16-10-8-14(19-2)9-11-16/h4-11H,3,12H2,1-2H3. The number of ether oxygens (including phenoxy) is 3. The van der Waals surface area contributed by atoms with E-state index in [2.05, 4.69) is 0 Å². The highest BCUT2D eigenvalue weighted by atomic mass is 16.5. The van der Waals surface area contributed by atoms with Crippen LogP contribution in [0.2, 0.25) is 0 Å². The Morgan fingerprint density at radius 1 is 0.905 bits per heavy atom. The Kier molecular flexibility index (Phi) is 5.21. The maximum Gasteiger partial charge on any atom is 0.343 e. The lowest BCUT2D eigenvalue weighted by Gasteiger charge is -2.07. The Balaban J connectivity index is 1.98. The number of hydrogen-bond donors (Lipinski definition) is 0. The fourth-order valence-corrected chi connectivity index (χ4v) is 1.72. The molecule has 0 radical (unpaired) electrons. The number of esters is 1. The second-order valence-corrected chi connectivity index (χ2v) is 4.44. The minimum absolute atomic E-state index is 0.401. The van der Waals surface area contributed by atoms with Crippen LogP contribution in [0, 0.1) is 0 Å². The molecule has 0 saturated heterocycles. The third-order valence-electron chi connectivity index (χ3n) is 2.83. The highest BCUT2D eigenvalue weighted by molar-refractivity contribution is 5.91. The van der Waals surface area contributed by atoms with Crippen molar-refractivity contribution in [3.63, 3.8) is 0 Å². The summed E-state index contributed by atoms with van der Waals surface area (Å²) in [6.07, 6.45) is 0.946. The average molecular weight is 286 g/mol. The van der Waals surface area contributed by atoms with Crippen molar-refractivity contribution in [2.24, 2.45) is 0 Å². The van der Waals surface area contributed by atoms with Crippen LogP contribution in [0.4, 0.5) is 0 Å². The van der Waals surface area contributed by atoms with Crippen LogP contribution in [-0.4, -0.2) is 19.7 Å². The van der Waals surface area contributed by atoms with Crippen molar-refractivity contribution in [3.8, 4) is 17.2 Å². The summed E-state index contributed by atoms with van der Waals surface area (Å²) in [5.41, 5.74) is 0.481. The van der Waals surface area contributed by atoms with Crippen LogP contribution in [-0.2, 0) is 0 Å². The lowest BCUT2D eigenvalue weighted by atomic mass is 10.2. The van der Waals surface area contributed by atoms with Crippen molar-refractivity contribution in [3.05, 3.63) is 54.1 Å². The lowest BCUT2D eigenvalue weighted by molar-refractivity contribution is 0.0734. The van der Waals surface area contributed by atoms with E-state index in [1.54, 1.807) is 55.6 Å². The van der Waals surface area contributed by atoms with Crippen molar-refractivity contribution in [1.29, 1.82) is 0 Å². The number of carbonyl (C=O) groups excluding carboxylic acids is 1. The van der Waals surface area contributed by atoms with Gasteiger partial charge in [-0.1, -0.05) is 6.92 Å². The normalized spacial score (nSPS) is 10.0. The van der Waals surface area contributed by atoms with E-state index < -0.39 is 5.97 Å². The van der Waals surface area contributed by atoms with Gasteiger partial charge < -0.3 is 14.2 Å². The number of benzene rings is 2. The summed E-state index contributed by atoms with van der Waals surface area (Å²) in [6.45, 7) is 2.70. The molecule has 0 saturated carbocycles. The molecule has 0 bridgehead atoms. The van der Waals surface area contributed by atoms with Gasteiger partial charge in [-0.15, -0.1) is 0 Å². The van der Waals surface area contributed by atoms with E-state index in [0.717, 1.165) is 12.2 Å². The van der Waals surface area contributed by atoms with E-state index >= 15 is 0 Å². The van der Waals surface area contributed by atoms with E-state index in [1.165, 1.54) is 0 Å². The molecule has 0 N–H and O–H groups in total. The molecule has 0 unspecified atom stereocenters. The first kappa shape index (κ1) is 14.9. The maximum atomic E-state index is 12.0. The minimum atomic E-state index is -0.401. The van der Waals surface area contributed by atoms with Crippen LogP contribution in [0.3, 0.4) is 0 Å². The van der Waals surface area contributed by atoms with Crippen LogP contribution < -0.4 is 14.2 Å². The molecule has 0 atom stereocenters. The third-order valence-corrected chi connectivity index (χ3v) is 2.83. The highest BCUT2D eigenvalue weighted by Crippen LogP contribution is 2.19. The second-order valence-electron chi connectivity index (χ2n) is 4.44. The molecule has 0 amide bonds. The summed E-state index contributed by atoms with van der Waals surface area (Å²) < 4.78 is 15.8. The molecular formula is C17H18O4. The van der Waals surface area contributed by atoms with Gasteiger partial charge in [0, 0.05) is 0 Å². The average Bonchev–Trinajstić information content (AvgIpc) is 2.54. The zero-order chi connectivity index (χ0) is 15.1. The third kappa shape index (κ3) is 4.24. The molecule has 0 heterocycles. The van der Waals surface area contributed by atoms with Gasteiger partial charge in [0.25, 0.3) is 0 Å². The number of hydrogen-bond acceptors (Lipinski definition) is 4. The molecule has 0 fully saturated rings. The summed E-state index contributed by atoms with van der Waals surface area (Å²) in [5, 5.41) is 0. The van der Waals surface area contributed by atoms with E-state index in [1.807, 2.05) is 6.92 Å². The molecular weight excluding hydrogens is 268 g/mol. The molecule has 110 valence electrons. The monoisotopic (exact) mass is 286 g/mol. The summed E-state index contributed by atoms with van der Waals surface area (Å²) >= 11 is 0. The van der Waals surface area contributed by atoms with Gasteiger partial charge in [-0.2, -0.15) is 0 Å². The van der Waals surface area contributed by atoms with Gasteiger partial charge >= 0.3 is 5.97 Å². The Bertz CT molecular complexity index is 573. The molecule has 2 aromatic carbocycles. The Hall–Kier alpha value is -2.49. The maximum absolute atomic E-state index is 12.0. The van der Waals surface area contributed by atoms with E-state index in [0.29, 0.717) is 23.7 Å². The lowest BCUT2D eigenvalue weighted by Crippen LogP contribution is -2.08. The van der Waals surface area contributed by atoms with Gasteiger partial charge in [-0.3, -0.25) is 0 Å². The molecule has 2 aromatic rings. The van der Waals surface area contributed by atoms with Gasteiger partial charge in [-0.05, 0) is 55.0 Å². The van der Waals surface area contributed by atoms with Crippen LogP contribution >= 0.6 is 0 Å². The van der Waals surface area contributed by atoms with Crippen molar-refractivity contribution >= 4 is 5.97 Å². The SMILES string of the molecule is CCCOc1ccc(C(=O)Oc2ccc(OC)cc2)cc1.